The summed E-state index contributed by atoms with van der Waals surface area (Å²) in [6.07, 6.45) is 2.91. The van der Waals surface area contributed by atoms with E-state index >= 15 is 0 Å². The standard InChI is InChI=1S/C25H34O4Si/c1-20(13-12-18-23(26)24(27)28-5)19-29-30(25(2,3)4,21-14-8-6-9-15-21)22-16-10-7-11-17-22/h6-17,20,23,26H,18-19H2,1-5H3/b13-12+/t20-,23+/m1/s1. The molecule has 0 radical (unpaired) electrons. The molecule has 1 N–H and O–H groups in total. The quantitative estimate of drug-likeness (QED) is 0.378. The molecule has 2 rings (SSSR count). The number of methoxy groups -OCH3 is 1. The number of ether oxygens (including phenoxy) is 1. The molecule has 0 aliphatic carbocycles. The summed E-state index contributed by atoms with van der Waals surface area (Å²) >= 11 is 0. The molecule has 5 heteroatoms. The summed E-state index contributed by atoms with van der Waals surface area (Å²) in [5.74, 6) is -0.479. The van der Waals surface area contributed by atoms with Crippen molar-refractivity contribution in [3.8, 4) is 0 Å². The van der Waals surface area contributed by atoms with Crippen molar-refractivity contribution in [1.82, 2.24) is 0 Å². The highest BCUT2D eigenvalue weighted by Crippen LogP contribution is 2.37. The van der Waals surface area contributed by atoms with Gasteiger partial charge in [-0.15, -0.1) is 0 Å². The molecule has 162 valence electrons. The van der Waals surface area contributed by atoms with Crippen LogP contribution in [-0.2, 0) is 14.0 Å². The monoisotopic (exact) mass is 426 g/mol. The summed E-state index contributed by atoms with van der Waals surface area (Å²) in [5.41, 5.74) is 0. The molecule has 0 amide bonds. The Morgan fingerprint density at radius 1 is 1.03 bits per heavy atom. The Morgan fingerprint density at radius 3 is 1.97 bits per heavy atom. The van der Waals surface area contributed by atoms with Crippen LogP contribution in [0, 0.1) is 5.92 Å². The van der Waals surface area contributed by atoms with Gasteiger partial charge < -0.3 is 14.3 Å². The molecule has 0 fully saturated rings. The molecule has 0 saturated carbocycles. The minimum Gasteiger partial charge on any atom is -0.467 e. The van der Waals surface area contributed by atoms with Gasteiger partial charge in [0.25, 0.3) is 8.32 Å². The fourth-order valence-corrected chi connectivity index (χ4v) is 8.41. The Bertz CT molecular complexity index is 773. The topological polar surface area (TPSA) is 55.8 Å². The summed E-state index contributed by atoms with van der Waals surface area (Å²) in [5, 5.41) is 12.2. The predicted molar refractivity (Wildman–Crippen MR) is 125 cm³/mol. The van der Waals surface area contributed by atoms with Crippen molar-refractivity contribution in [1.29, 1.82) is 0 Å². The van der Waals surface area contributed by atoms with E-state index in [2.05, 4.69) is 81.0 Å². The Kier molecular flexibility index (Phi) is 8.59. The lowest BCUT2D eigenvalue weighted by Gasteiger charge is -2.43. The van der Waals surface area contributed by atoms with Crippen LogP contribution in [0.4, 0.5) is 0 Å². The van der Waals surface area contributed by atoms with E-state index in [1.165, 1.54) is 17.5 Å². The molecule has 30 heavy (non-hydrogen) atoms. The second-order valence-corrected chi connectivity index (χ2v) is 13.0. The van der Waals surface area contributed by atoms with Crippen LogP contribution in [0.1, 0.15) is 34.1 Å². The number of carbonyl (C=O) groups is 1. The number of hydrogen-bond acceptors (Lipinski definition) is 4. The van der Waals surface area contributed by atoms with Crippen LogP contribution >= 0.6 is 0 Å². The molecule has 0 aliphatic rings. The lowest BCUT2D eigenvalue weighted by Crippen LogP contribution is -2.66. The van der Waals surface area contributed by atoms with Gasteiger partial charge in [0.15, 0.2) is 6.10 Å². The number of carbonyl (C=O) groups excluding carboxylic acids is 1. The van der Waals surface area contributed by atoms with E-state index in [0.717, 1.165) is 0 Å². The molecule has 0 bridgehead atoms. The Labute approximate surface area is 181 Å². The van der Waals surface area contributed by atoms with Gasteiger partial charge in [0.1, 0.15) is 0 Å². The van der Waals surface area contributed by atoms with Gasteiger partial charge in [-0.2, -0.15) is 0 Å². The lowest BCUT2D eigenvalue weighted by molar-refractivity contribution is -0.150. The number of hydrogen-bond donors (Lipinski definition) is 1. The first-order valence-corrected chi connectivity index (χ1v) is 12.3. The molecular weight excluding hydrogens is 392 g/mol. The van der Waals surface area contributed by atoms with Crippen molar-refractivity contribution in [3.05, 3.63) is 72.8 Å². The van der Waals surface area contributed by atoms with Crippen molar-refractivity contribution < 1.29 is 19.1 Å². The van der Waals surface area contributed by atoms with Gasteiger partial charge in [-0.3, -0.25) is 0 Å². The minimum atomic E-state index is -2.55. The summed E-state index contributed by atoms with van der Waals surface area (Å²) in [6.45, 7) is 9.41. The highest BCUT2D eigenvalue weighted by atomic mass is 28.4. The molecule has 0 heterocycles. The molecule has 4 nitrogen and oxygen atoms in total. The van der Waals surface area contributed by atoms with Gasteiger partial charge in [0.05, 0.1) is 7.11 Å². The Morgan fingerprint density at radius 2 is 1.53 bits per heavy atom. The van der Waals surface area contributed by atoms with Crippen LogP contribution in [0.3, 0.4) is 0 Å². The largest absolute Gasteiger partial charge is 0.467 e. The van der Waals surface area contributed by atoms with Gasteiger partial charge >= 0.3 is 5.97 Å². The van der Waals surface area contributed by atoms with E-state index in [1.54, 1.807) is 0 Å². The number of esters is 1. The molecular formula is C25H34O4Si. The smallest absolute Gasteiger partial charge is 0.335 e. The van der Waals surface area contributed by atoms with Gasteiger partial charge in [0.2, 0.25) is 0 Å². The van der Waals surface area contributed by atoms with Gasteiger partial charge in [-0.05, 0) is 21.3 Å². The van der Waals surface area contributed by atoms with Crippen molar-refractivity contribution in [3.63, 3.8) is 0 Å². The third-order valence-corrected chi connectivity index (χ3v) is 10.3. The maximum Gasteiger partial charge on any atom is 0.335 e. The van der Waals surface area contributed by atoms with E-state index in [9.17, 15) is 9.90 Å². The van der Waals surface area contributed by atoms with Crippen molar-refractivity contribution >= 4 is 24.7 Å². The number of aliphatic hydroxyl groups is 1. The lowest BCUT2D eigenvalue weighted by atomic mass is 10.1. The second kappa shape index (κ2) is 10.7. The zero-order chi connectivity index (χ0) is 22.2. The maximum absolute atomic E-state index is 11.3. The van der Waals surface area contributed by atoms with Crippen LogP contribution in [0.15, 0.2) is 72.8 Å². The van der Waals surface area contributed by atoms with Crippen molar-refractivity contribution in [2.24, 2.45) is 5.92 Å². The number of benzene rings is 2. The fourth-order valence-electron chi connectivity index (χ4n) is 3.75. The first kappa shape index (κ1) is 24.1. The van der Waals surface area contributed by atoms with Crippen molar-refractivity contribution in [2.45, 2.75) is 45.3 Å². The molecule has 0 unspecified atom stereocenters. The molecule has 2 aromatic rings. The summed E-state index contributed by atoms with van der Waals surface area (Å²) in [7, 11) is -1.28. The first-order chi connectivity index (χ1) is 14.2. The zero-order valence-corrected chi connectivity index (χ0v) is 19.7. The van der Waals surface area contributed by atoms with Crippen LogP contribution in [0.5, 0.6) is 0 Å². The van der Waals surface area contributed by atoms with Gasteiger partial charge in [-0.25, -0.2) is 4.79 Å². The van der Waals surface area contributed by atoms with E-state index in [1.807, 2.05) is 24.3 Å². The molecule has 0 saturated heterocycles. The Hall–Kier alpha value is -2.21. The van der Waals surface area contributed by atoms with E-state index < -0.39 is 20.4 Å². The summed E-state index contributed by atoms with van der Waals surface area (Å²) in [4.78, 5) is 11.3. The molecule has 2 aromatic carbocycles. The average Bonchev–Trinajstić information content (AvgIpc) is 2.74. The van der Waals surface area contributed by atoms with E-state index in [0.29, 0.717) is 6.61 Å². The number of aliphatic hydroxyl groups excluding tert-OH is 1. The average molecular weight is 427 g/mol. The van der Waals surface area contributed by atoms with Gasteiger partial charge in [0, 0.05) is 13.0 Å². The van der Waals surface area contributed by atoms with Crippen LogP contribution < -0.4 is 10.4 Å². The molecule has 0 aromatic heterocycles. The number of rotatable bonds is 9. The highest BCUT2D eigenvalue weighted by molar-refractivity contribution is 6.99. The molecule has 2 atom stereocenters. The molecule has 0 aliphatic heterocycles. The van der Waals surface area contributed by atoms with Crippen LogP contribution in [0.2, 0.25) is 5.04 Å². The summed E-state index contributed by atoms with van der Waals surface area (Å²) in [6, 6.07) is 21.1. The van der Waals surface area contributed by atoms with E-state index in [4.69, 9.17) is 4.43 Å². The van der Waals surface area contributed by atoms with E-state index in [-0.39, 0.29) is 17.4 Å². The zero-order valence-electron chi connectivity index (χ0n) is 18.7. The fraction of sp³-hybridized carbons (Fsp3) is 0.400. The second-order valence-electron chi connectivity index (χ2n) is 8.65. The SMILES string of the molecule is COC(=O)[C@@H](O)C/C=C/[C@@H](C)CO[Si](c1ccccc1)(c1ccccc1)C(C)(C)C. The summed E-state index contributed by atoms with van der Waals surface area (Å²) < 4.78 is 11.4. The van der Waals surface area contributed by atoms with Crippen molar-refractivity contribution in [2.75, 3.05) is 13.7 Å². The normalized spacial score (nSPS) is 14.5. The van der Waals surface area contributed by atoms with Crippen LogP contribution in [0.25, 0.3) is 0 Å². The van der Waals surface area contributed by atoms with Crippen LogP contribution in [-0.4, -0.2) is 39.2 Å². The first-order valence-electron chi connectivity index (χ1n) is 10.4. The third kappa shape index (κ3) is 5.69. The Balaban J connectivity index is 2.28. The maximum atomic E-state index is 11.3. The predicted octanol–water partition coefficient (Wildman–Crippen LogP) is 3.68. The van der Waals surface area contributed by atoms with Gasteiger partial charge in [-0.1, -0.05) is 101 Å². The third-order valence-electron chi connectivity index (χ3n) is 5.28. The molecule has 0 spiro atoms. The minimum absolute atomic E-state index is 0.0692. The highest BCUT2D eigenvalue weighted by Gasteiger charge is 2.50.